The van der Waals surface area contributed by atoms with Crippen molar-refractivity contribution >= 4 is 17.6 Å². The van der Waals surface area contributed by atoms with Gasteiger partial charge in [-0.3, -0.25) is 9.53 Å². The number of halogens is 5. The molecule has 0 N–H and O–H groups in total. The fraction of sp³-hybridized carbons (Fsp3) is 0.542. The zero-order valence-corrected chi connectivity index (χ0v) is 21.1. The topological polar surface area (TPSA) is 79.8 Å². The van der Waals surface area contributed by atoms with Gasteiger partial charge in [0.05, 0.1) is 12.4 Å². The number of aromatic nitrogens is 2. The predicted molar refractivity (Wildman–Crippen MR) is 124 cm³/mol. The van der Waals surface area contributed by atoms with Crippen molar-refractivity contribution < 1.29 is 41.3 Å². The quantitative estimate of drug-likeness (QED) is 0.0685. The summed E-state index contributed by atoms with van der Waals surface area (Å²) < 4.78 is 74.5. The summed E-state index contributed by atoms with van der Waals surface area (Å²) in [5.41, 5.74) is 0.449. The van der Waals surface area contributed by atoms with E-state index in [1.807, 2.05) is 20.8 Å². The lowest BCUT2D eigenvalue weighted by Crippen LogP contribution is -2.49. The second-order valence-corrected chi connectivity index (χ2v) is 8.86. The van der Waals surface area contributed by atoms with Gasteiger partial charge in [0.1, 0.15) is 11.1 Å². The average molecular weight is 537 g/mol. The summed E-state index contributed by atoms with van der Waals surface area (Å²) in [5.74, 6) is -0.722. The van der Waals surface area contributed by atoms with Gasteiger partial charge >= 0.3 is 18.2 Å². The molecule has 1 aromatic heterocycles. The molecule has 0 amide bonds. The van der Waals surface area contributed by atoms with Crippen LogP contribution in [-0.4, -0.2) is 46.4 Å². The molecule has 0 aliphatic rings. The second kappa shape index (κ2) is 13.2. The second-order valence-electron chi connectivity index (χ2n) is 8.33. The van der Waals surface area contributed by atoms with Crippen molar-refractivity contribution in [2.24, 2.45) is 5.92 Å². The third-order valence-electron chi connectivity index (χ3n) is 4.64. The Morgan fingerprint density at radius 3 is 2.17 bits per heavy atom. The molecule has 0 spiro atoms. The maximum Gasteiger partial charge on any atom is 0.494 e. The normalized spacial score (nSPS) is 13.9. The highest BCUT2D eigenvalue weighted by atomic mass is 35.5. The molecule has 12 heteroatoms. The lowest BCUT2D eigenvalue weighted by atomic mass is 10.1. The highest BCUT2D eigenvalue weighted by Gasteiger charge is 2.62. The first kappa shape index (κ1) is 29.7. The van der Waals surface area contributed by atoms with Gasteiger partial charge in [-0.15, -0.1) is 11.6 Å². The molecule has 2 aromatic rings. The highest BCUT2D eigenvalue weighted by Crippen LogP contribution is 2.38. The molecule has 0 saturated carbocycles. The van der Waals surface area contributed by atoms with Gasteiger partial charge in [0.2, 0.25) is 0 Å². The molecular formula is C24H29ClF4N2O5. The number of carbonyl (C=O) groups is 1. The van der Waals surface area contributed by atoms with Crippen molar-refractivity contribution in [3.63, 3.8) is 0 Å². The molecule has 0 radical (unpaired) electrons. The van der Waals surface area contributed by atoms with Crippen LogP contribution >= 0.6 is 11.6 Å². The molecule has 0 bridgehead atoms. The van der Waals surface area contributed by atoms with Crippen molar-refractivity contribution in [2.75, 3.05) is 6.61 Å². The molecule has 2 rings (SSSR count). The van der Waals surface area contributed by atoms with E-state index in [1.165, 1.54) is 24.3 Å². The number of esters is 1. The van der Waals surface area contributed by atoms with Crippen molar-refractivity contribution in [2.45, 2.75) is 70.8 Å². The van der Waals surface area contributed by atoms with E-state index < -0.39 is 35.6 Å². The lowest BCUT2D eigenvalue weighted by Gasteiger charge is -2.28. The SMILES string of the molecule is CCCCOC(C)OC(F)(F)C(F)(F)Oc1cnc(-c2ccc(OC(=O)C(Cl)CC(C)C)cc2)nc1. The smallest absolute Gasteiger partial charge is 0.425 e. The van der Waals surface area contributed by atoms with Crippen LogP contribution in [-0.2, 0) is 14.3 Å². The zero-order chi connectivity index (χ0) is 26.9. The number of alkyl halides is 5. The van der Waals surface area contributed by atoms with Crippen LogP contribution in [0.1, 0.15) is 47.0 Å². The van der Waals surface area contributed by atoms with Gasteiger partial charge in [-0.1, -0.05) is 27.2 Å². The Labute approximate surface area is 212 Å². The number of carbonyl (C=O) groups excluding carboxylic acids is 1. The summed E-state index contributed by atoms with van der Waals surface area (Å²) in [7, 11) is 0. The van der Waals surface area contributed by atoms with E-state index in [0.717, 1.165) is 25.7 Å². The first-order chi connectivity index (χ1) is 16.8. The van der Waals surface area contributed by atoms with Crippen LogP contribution in [0.4, 0.5) is 17.6 Å². The van der Waals surface area contributed by atoms with Gasteiger partial charge in [0.25, 0.3) is 0 Å². The van der Waals surface area contributed by atoms with Gasteiger partial charge in [-0.05, 0) is 49.9 Å². The minimum atomic E-state index is -5.01. The Hall–Kier alpha value is -2.50. The molecule has 36 heavy (non-hydrogen) atoms. The number of benzene rings is 1. The summed E-state index contributed by atoms with van der Waals surface area (Å²) in [6.45, 7) is 6.89. The number of unbranched alkanes of at least 4 members (excludes halogenated alkanes) is 1. The van der Waals surface area contributed by atoms with Crippen molar-refractivity contribution in [1.29, 1.82) is 0 Å². The fourth-order valence-electron chi connectivity index (χ4n) is 2.79. The van der Waals surface area contributed by atoms with Crippen LogP contribution in [0.5, 0.6) is 11.5 Å². The van der Waals surface area contributed by atoms with Gasteiger partial charge in [0.15, 0.2) is 17.9 Å². The Kier molecular flexibility index (Phi) is 10.9. The Morgan fingerprint density at radius 1 is 1.00 bits per heavy atom. The molecule has 1 aromatic carbocycles. The maximum atomic E-state index is 14.1. The monoisotopic (exact) mass is 536 g/mol. The fourth-order valence-corrected chi connectivity index (χ4v) is 3.19. The van der Waals surface area contributed by atoms with Crippen molar-refractivity contribution in [3.05, 3.63) is 36.7 Å². The molecule has 7 nitrogen and oxygen atoms in total. The zero-order valence-electron chi connectivity index (χ0n) is 20.4. The van der Waals surface area contributed by atoms with Gasteiger partial charge in [-0.2, -0.15) is 17.6 Å². The van der Waals surface area contributed by atoms with E-state index in [-0.39, 0.29) is 24.1 Å². The van der Waals surface area contributed by atoms with E-state index in [2.05, 4.69) is 19.4 Å². The lowest BCUT2D eigenvalue weighted by molar-refractivity contribution is -0.434. The first-order valence-electron chi connectivity index (χ1n) is 11.4. The number of nitrogens with zero attached hydrogens (tertiary/aromatic N) is 2. The minimum absolute atomic E-state index is 0.0876. The molecule has 2 atom stereocenters. The van der Waals surface area contributed by atoms with E-state index in [4.69, 9.17) is 21.1 Å². The molecule has 0 fully saturated rings. The summed E-state index contributed by atoms with van der Waals surface area (Å²) in [6, 6.07) is 6.02. The summed E-state index contributed by atoms with van der Waals surface area (Å²) in [5, 5.41) is -0.784. The molecular weight excluding hydrogens is 508 g/mol. The third-order valence-corrected chi connectivity index (χ3v) is 5.00. The largest absolute Gasteiger partial charge is 0.494 e. The van der Waals surface area contributed by atoms with Gasteiger partial charge in [-0.25, -0.2) is 9.97 Å². The standard InChI is InChI=1S/C24H29ClF4N2O5/c1-5-6-11-33-16(4)35-23(26,27)24(28,29)36-19-13-30-21(31-14-19)17-7-9-18(10-8-17)34-22(32)20(25)12-15(2)3/h7-10,13-16,20H,5-6,11-12H2,1-4H3. The molecule has 0 aliphatic heterocycles. The van der Waals surface area contributed by atoms with Crippen LogP contribution in [0.2, 0.25) is 0 Å². The molecule has 200 valence electrons. The number of rotatable bonds is 14. The molecule has 0 aliphatic carbocycles. The Morgan fingerprint density at radius 2 is 1.61 bits per heavy atom. The van der Waals surface area contributed by atoms with E-state index in [9.17, 15) is 22.4 Å². The van der Waals surface area contributed by atoms with E-state index in [1.54, 1.807) is 0 Å². The van der Waals surface area contributed by atoms with Crippen molar-refractivity contribution in [3.8, 4) is 22.9 Å². The average Bonchev–Trinajstić information content (AvgIpc) is 2.79. The number of ether oxygens (including phenoxy) is 4. The van der Waals surface area contributed by atoms with Crippen LogP contribution < -0.4 is 9.47 Å². The van der Waals surface area contributed by atoms with Crippen LogP contribution in [0.25, 0.3) is 11.4 Å². The third kappa shape index (κ3) is 8.86. The molecule has 2 unspecified atom stereocenters. The van der Waals surface area contributed by atoms with Crippen LogP contribution in [0.15, 0.2) is 36.7 Å². The van der Waals surface area contributed by atoms with Crippen molar-refractivity contribution in [1.82, 2.24) is 9.97 Å². The number of hydrogen-bond acceptors (Lipinski definition) is 7. The first-order valence-corrected chi connectivity index (χ1v) is 11.8. The Bertz CT molecular complexity index is 962. The van der Waals surface area contributed by atoms with Gasteiger partial charge in [0, 0.05) is 12.2 Å². The van der Waals surface area contributed by atoms with E-state index in [0.29, 0.717) is 18.4 Å². The minimum Gasteiger partial charge on any atom is -0.425 e. The van der Waals surface area contributed by atoms with Crippen LogP contribution in [0, 0.1) is 5.92 Å². The Balaban J connectivity index is 1.99. The summed E-state index contributed by atoms with van der Waals surface area (Å²) >= 11 is 6.02. The summed E-state index contributed by atoms with van der Waals surface area (Å²) in [4.78, 5) is 19.8. The summed E-state index contributed by atoms with van der Waals surface area (Å²) in [6.07, 6.45) is -8.14. The molecule has 1 heterocycles. The van der Waals surface area contributed by atoms with E-state index >= 15 is 0 Å². The van der Waals surface area contributed by atoms with Gasteiger partial charge < -0.3 is 14.2 Å². The van der Waals surface area contributed by atoms with Crippen LogP contribution in [0.3, 0.4) is 0 Å². The maximum absolute atomic E-state index is 14.1. The molecule has 0 saturated heterocycles. The predicted octanol–water partition coefficient (Wildman–Crippen LogP) is 6.45. The highest BCUT2D eigenvalue weighted by molar-refractivity contribution is 6.30. The number of hydrogen-bond donors (Lipinski definition) is 0.